The fourth-order valence-electron chi connectivity index (χ4n) is 2.72. The third-order valence-electron chi connectivity index (χ3n) is 3.89. The number of hydrogen-bond donors (Lipinski definition) is 1. The third-order valence-corrected chi connectivity index (χ3v) is 3.89. The summed E-state index contributed by atoms with van der Waals surface area (Å²) < 4.78 is 1.89. The molecule has 21 heavy (non-hydrogen) atoms. The minimum Gasteiger partial charge on any atom is -0.349 e. The summed E-state index contributed by atoms with van der Waals surface area (Å²) in [5.74, 6) is 0.925. The molecule has 0 bridgehead atoms. The quantitative estimate of drug-likeness (QED) is 0.941. The molecule has 0 saturated carbocycles. The second kappa shape index (κ2) is 5.68. The molecule has 1 unspecified atom stereocenters. The van der Waals surface area contributed by atoms with E-state index < -0.39 is 0 Å². The normalized spacial score (nSPS) is 17.6. The van der Waals surface area contributed by atoms with Crippen LogP contribution in [0, 0.1) is 5.92 Å². The van der Waals surface area contributed by atoms with E-state index in [1.54, 1.807) is 6.20 Å². The van der Waals surface area contributed by atoms with Crippen molar-refractivity contribution in [3.05, 3.63) is 41.9 Å². The van der Waals surface area contributed by atoms with Crippen molar-refractivity contribution in [2.45, 2.75) is 39.2 Å². The summed E-state index contributed by atoms with van der Waals surface area (Å²) in [5.41, 5.74) is 2.29. The molecular weight excluding hydrogens is 264 g/mol. The van der Waals surface area contributed by atoms with Crippen LogP contribution in [-0.2, 0) is 11.2 Å². The van der Waals surface area contributed by atoms with Crippen LogP contribution in [0.1, 0.15) is 44.0 Å². The number of hydrogen-bond acceptors (Lipinski definition) is 3. The number of nitrogens with one attached hydrogen (secondary N) is 1. The Morgan fingerprint density at radius 3 is 3.00 bits per heavy atom. The average molecular weight is 284 g/mol. The van der Waals surface area contributed by atoms with Crippen LogP contribution in [0.3, 0.4) is 0 Å². The van der Waals surface area contributed by atoms with Crippen LogP contribution in [0.4, 0.5) is 0 Å². The number of amides is 1. The van der Waals surface area contributed by atoms with E-state index in [0.717, 1.165) is 36.3 Å². The van der Waals surface area contributed by atoms with Gasteiger partial charge in [0, 0.05) is 17.7 Å². The van der Waals surface area contributed by atoms with Gasteiger partial charge in [-0.25, -0.2) is 9.67 Å². The first-order valence-electron chi connectivity index (χ1n) is 7.45. The van der Waals surface area contributed by atoms with Crippen LogP contribution in [-0.4, -0.2) is 20.7 Å². The van der Waals surface area contributed by atoms with Crippen molar-refractivity contribution in [1.82, 2.24) is 20.1 Å². The molecule has 1 N–H and O–H groups in total. The molecule has 1 amide bonds. The average Bonchev–Trinajstić information content (AvgIpc) is 2.93. The van der Waals surface area contributed by atoms with Gasteiger partial charge in [-0.05, 0) is 31.4 Å². The zero-order valence-corrected chi connectivity index (χ0v) is 12.4. The largest absolute Gasteiger partial charge is 0.349 e. The summed E-state index contributed by atoms with van der Waals surface area (Å²) >= 11 is 0. The van der Waals surface area contributed by atoms with Crippen LogP contribution < -0.4 is 5.32 Å². The predicted octanol–water partition coefficient (Wildman–Crippen LogP) is 2.42. The smallest absolute Gasteiger partial charge is 0.223 e. The Morgan fingerprint density at radius 1 is 1.43 bits per heavy atom. The Kier molecular flexibility index (Phi) is 3.73. The standard InChI is InChI=1S/C16H20N4O/c1-11(2)16(21)19-13-6-5-7-14-12(13)10-18-20(14)15-8-3-4-9-17-15/h3-4,8-11,13H,5-7H2,1-2H3,(H,19,21). The Balaban J connectivity index is 1.90. The number of aromatic nitrogens is 3. The van der Waals surface area contributed by atoms with Gasteiger partial charge in [0.2, 0.25) is 5.91 Å². The molecule has 2 aromatic heterocycles. The summed E-state index contributed by atoms with van der Waals surface area (Å²) in [7, 11) is 0. The Morgan fingerprint density at radius 2 is 2.29 bits per heavy atom. The summed E-state index contributed by atoms with van der Waals surface area (Å²) in [4.78, 5) is 16.3. The molecule has 1 aliphatic carbocycles. The van der Waals surface area contributed by atoms with Crippen LogP contribution >= 0.6 is 0 Å². The van der Waals surface area contributed by atoms with E-state index in [1.807, 2.05) is 42.9 Å². The molecule has 0 aromatic carbocycles. The highest BCUT2D eigenvalue weighted by Crippen LogP contribution is 2.30. The van der Waals surface area contributed by atoms with Crippen molar-refractivity contribution < 1.29 is 4.79 Å². The van der Waals surface area contributed by atoms with Crippen LogP contribution in [0.5, 0.6) is 0 Å². The molecule has 2 heterocycles. The molecule has 0 spiro atoms. The summed E-state index contributed by atoms with van der Waals surface area (Å²) in [6.07, 6.45) is 6.63. The highest BCUT2D eigenvalue weighted by Gasteiger charge is 2.26. The molecule has 3 rings (SSSR count). The van der Waals surface area contributed by atoms with Crippen LogP contribution in [0.2, 0.25) is 0 Å². The van der Waals surface area contributed by atoms with E-state index in [4.69, 9.17) is 0 Å². The summed E-state index contributed by atoms with van der Waals surface area (Å²) in [6.45, 7) is 3.83. The van der Waals surface area contributed by atoms with Gasteiger partial charge in [-0.15, -0.1) is 0 Å². The van der Waals surface area contributed by atoms with Crippen molar-refractivity contribution in [3.8, 4) is 5.82 Å². The highest BCUT2D eigenvalue weighted by atomic mass is 16.1. The number of carbonyl (C=O) groups excluding carboxylic acids is 1. The van der Waals surface area contributed by atoms with Gasteiger partial charge in [0.25, 0.3) is 0 Å². The monoisotopic (exact) mass is 284 g/mol. The van der Waals surface area contributed by atoms with Crippen LogP contribution in [0.15, 0.2) is 30.6 Å². The summed E-state index contributed by atoms with van der Waals surface area (Å²) in [6, 6.07) is 5.87. The Hall–Kier alpha value is -2.17. The SMILES string of the molecule is CC(C)C(=O)NC1CCCc2c1cnn2-c1ccccn1. The lowest BCUT2D eigenvalue weighted by Crippen LogP contribution is -2.33. The lowest BCUT2D eigenvalue weighted by molar-refractivity contribution is -0.124. The Bertz CT molecular complexity index is 633. The molecule has 5 heteroatoms. The lowest BCUT2D eigenvalue weighted by atomic mass is 9.92. The van der Waals surface area contributed by atoms with Crippen molar-refractivity contribution in [2.24, 2.45) is 5.92 Å². The molecule has 1 atom stereocenters. The van der Waals surface area contributed by atoms with E-state index in [1.165, 1.54) is 0 Å². The fraction of sp³-hybridized carbons (Fsp3) is 0.438. The molecule has 0 radical (unpaired) electrons. The molecular formula is C16H20N4O. The van der Waals surface area contributed by atoms with Crippen molar-refractivity contribution in [2.75, 3.05) is 0 Å². The summed E-state index contributed by atoms with van der Waals surface area (Å²) in [5, 5.41) is 7.60. The van der Waals surface area contributed by atoms with Crippen molar-refractivity contribution in [1.29, 1.82) is 0 Å². The lowest BCUT2D eigenvalue weighted by Gasteiger charge is -2.24. The van der Waals surface area contributed by atoms with E-state index in [0.29, 0.717) is 0 Å². The topological polar surface area (TPSA) is 59.8 Å². The second-order valence-corrected chi connectivity index (χ2v) is 5.75. The van der Waals surface area contributed by atoms with Crippen molar-refractivity contribution >= 4 is 5.91 Å². The number of rotatable bonds is 3. The van der Waals surface area contributed by atoms with Gasteiger partial charge in [-0.1, -0.05) is 19.9 Å². The zero-order valence-electron chi connectivity index (χ0n) is 12.4. The van der Waals surface area contributed by atoms with E-state index in [2.05, 4.69) is 15.4 Å². The first kappa shape index (κ1) is 13.8. The fourth-order valence-corrected chi connectivity index (χ4v) is 2.72. The minimum atomic E-state index is 0.00112. The minimum absolute atomic E-state index is 0.00112. The maximum atomic E-state index is 11.9. The van der Waals surface area contributed by atoms with E-state index in [-0.39, 0.29) is 17.9 Å². The van der Waals surface area contributed by atoms with Gasteiger partial charge in [-0.3, -0.25) is 4.79 Å². The maximum Gasteiger partial charge on any atom is 0.223 e. The number of carbonyl (C=O) groups is 1. The molecule has 2 aromatic rings. The highest BCUT2D eigenvalue weighted by molar-refractivity contribution is 5.78. The third kappa shape index (κ3) is 2.68. The maximum absolute atomic E-state index is 11.9. The molecule has 0 fully saturated rings. The molecule has 0 saturated heterocycles. The van der Waals surface area contributed by atoms with E-state index >= 15 is 0 Å². The van der Waals surface area contributed by atoms with Gasteiger partial charge in [-0.2, -0.15) is 5.10 Å². The first-order valence-corrected chi connectivity index (χ1v) is 7.45. The predicted molar refractivity (Wildman–Crippen MR) is 80.0 cm³/mol. The number of pyridine rings is 1. The number of fused-ring (bicyclic) bond motifs is 1. The molecule has 0 aliphatic heterocycles. The Labute approximate surface area is 124 Å². The molecule has 5 nitrogen and oxygen atoms in total. The van der Waals surface area contributed by atoms with Gasteiger partial charge in [0.05, 0.1) is 17.9 Å². The molecule has 1 aliphatic rings. The van der Waals surface area contributed by atoms with Gasteiger partial charge >= 0.3 is 0 Å². The van der Waals surface area contributed by atoms with Crippen molar-refractivity contribution in [3.63, 3.8) is 0 Å². The number of nitrogens with zero attached hydrogens (tertiary/aromatic N) is 3. The van der Waals surface area contributed by atoms with E-state index in [9.17, 15) is 4.79 Å². The van der Waals surface area contributed by atoms with Gasteiger partial charge in [0.15, 0.2) is 5.82 Å². The molecule has 110 valence electrons. The first-order chi connectivity index (χ1) is 10.2. The van der Waals surface area contributed by atoms with Gasteiger partial charge < -0.3 is 5.32 Å². The zero-order chi connectivity index (χ0) is 14.8. The van der Waals surface area contributed by atoms with Crippen LogP contribution in [0.25, 0.3) is 5.82 Å². The second-order valence-electron chi connectivity index (χ2n) is 5.75. The van der Waals surface area contributed by atoms with Gasteiger partial charge in [0.1, 0.15) is 0 Å².